The van der Waals surface area contributed by atoms with Crippen LogP contribution in [-0.2, 0) is 0 Å². The fourth-order valence-electron chi connectivity index (χ4n) is 2.02. The third-order valence-corrected chi connectivity index (χ3v) is 4.12. The van der Waals surface area contributed by atoms with E-state index in [9.17, 15) is 9.59 Å². The molecule has 0 unspecified atom stereocenters. The minimum absolute atomic E-state index is 0.0526. The summed E-state index contributed by atoms with van der Waals surface area (Å²) in [6, 6.07) is 7.65. The van der Waals surface area contributed by atoms with Gasteiger partial charge in [0.2, 0.25) is 0 Å². The highest BCUT2D eigenvalue weighted by atomic mass is 35.5. The molecule has 1 heterocycles. The molecule has 1 N–H and O–H groups in total. The number of halogens is 3. The van der Waals surface area contributed by atoms with Gasteiger partial charge >= 0.3 is 0 Å². The zero-order chi connectivity index (χ0) is 18.8. The fourth-order valence-corrected chi connectivity index (χ4v) is 2.60. The Kier molecular flexibility index (Phi) is 5.93. The first-order chi connectivity index (χ1) is 11.6. The Morgan fingerprint density at radius 1 is 1.08 bits per heavy atom. The summed E-state index contributed by atoms with van der Waals surface area (Å²) in [5.41, 5.74) is 2.19. The van der Waals surface area contributed by atoms with Crippen molar-refractivity contribution in [2.45, 2.75) is 26.3 Å². The molecule has 0 saturated carbocycles. The Morgan fingerprint density at radius 3 is 2.36 bits per heavy atom. The van der Waals surface area contributed by atoms with E-state index in [-0.39, 0.29) is 21.3 Å². The molecule has 0 fully saturated rings. The summed E-state index contributed by atoms with van der Waals surface area (Å²) in [5, 5.41) is 1.83. The second kappa shape index (κ2) is 7.60. The van der Waals surface area contributed by atoms with Crippen LogP contribution in [0.1, 0.15) is 41.5 Å². The van der Waals surface area contributed by atoms with E-state index in [1.54, 1.807) is 32.9 Å². The molecule has 8 heteroatoms. The van der Waals surface area contributed by atoms with E-state index in [0.717, 1.165) is 0 Å². The van der Waals surface area contributed by atoms with Gasteiger partial charge in [0.1, 0.15) is 5.15 Å². The maximum atomic E-state index is 12.9. The zero-order valence-corrected chi connectivity index (χ0v) is 16.1. The summed E-state index contributed by atoms with van der Waals surface area (Å²) >= 11 is 18.0. The third kappa shape index (κ3) is 4.63. The number of carbonyl (C=O) groups excluding carboxylic acids is 2. The van der Waals surface area contributed by atoms with Crippen LogP contribution in [0.15, 0.2) is 36.5 Å². The zero-order valence-electron chi connectivity index (χ0n) is 13.8. The predicted octanol–water partition coefficient (Wildman–Crippen LogP) is 4.63. The molecule has 132 valence electrons. The molecule has 0 bridgehead atoms. The summed E-state index contributed by atoms with van der Waals surface area (Å²) in [5.74, 6) is -1.05. The van der Waals surface area contributed by atoms with Crippen LogP contribution in [0.25, 0.3) is 0 Å². The first-order valence-corrected chi connectivity index (χ1v) is 8.46. The van der Waals surface area contributed by atoms with E-state index in [2.05, 4.69) is 10.4 Å². The lowest BCUT2D eigenvalue weighted by Crippen LogP contribution is -2.56. The van der Waals surface area contributed by atoms with Gasteiger partial charge in [-0.2, -0.15) is 0 Å². The highest BCUT2D eigenvalue weighted by molar-refractivity contribution is 6.36. The molecule has 2 amide bonds. The van der Waals surface area contributed by atoms with Gasteiger partial charge in [-0.25, -0.2) is 9.99 Å². The number of carbonyl (C=O) groups is 2. The average Bonchev–Trinajstić information content (AvgIpc) is 2.53. The van der Waals surface area contributed by atoms with Crippen LogP contribution in [0.2, 0.25) is 15.2 Å². The van der Waals surface area contributed by atoms with Crippen LogP contribution in [-0.4, -0.2) is 27.3 Å². The van der Waals surface area contributed by atoms with Gasteiger partial charge in [-0.05, 0) is 51.1 Å². The van der Waals surface area contributed by atoms with E-state index in [4.69, 9.17) is 34.8 Å². The number of hydrazine groups is 1. The molecule has 0 aliphatic rings. The van der Waals surface area contributed by atoms with Crippen molar-refractivity contribution in [3.8, 4) is 0 Å². The number of aromatic nitrogens is 1. The fraction of sp³-hybridized carbons (Fsp3) is 0.235. The molecule has 0 saturated heterocycles. The highest BCUT2D eigenvalue weighted by Gasteiger charge is 2.31. The molecule has 1 aromatic carbocycles. The van der Waals surface area contributed by atoms with E-state index < -0.39 is 17.4 Å². The average molecular weight is 401 g/mol. The van der Waals surface area contributed by atoms with Crippen molar-refractivity contribution in [3.05, 3.63) is 62.9 Å². The van der Waals surface area contributed by atoms with Crippen molar-refractivity contribution in [1.82, 2.24) is 15.4 Å². The molecule has 1 aromatic heterocycles. The number of nitrogens with one attached hydrogen (secondary N) is 1. The van der Waals surface area contributed by atoms with Crippen LogP contribution in [0.4, 0.5) is 0 Å². The molecule has 2 rings (SSSR count). The quantitative estimate of drug-likeness (QED) is 0.590. The van der Waals surface area contributed by atoms with Crippen molar-refractivity contribution >= 4 is 46.6 Å². The molecular weight excluding hydrogens is 385 g/mol. The molecule has 25 heavy (non-hydrogen) atoms. The molecule has 0 aliphatic heterocycles. The highest BCUT2D eigenvalue weighted by Crippen LogP contribution is 2.23. The van der Waals surface area contributed by atoms with Gasteiger partial charge in [0.25, 0.3) is 11.8 Å². The van der Waals surface area contributed by atoms with Crippen molar-refractivity contribution in [3.63, 3.8) is 0 Å². The number of rotatable bonds is 2. The Balaban J connectivity index is 2.36. The topological polar surface area (TPSA) is 62.3 Å². The number of hydrogen-bond acceptors (Lipinski definition) is 3. The first-order valence-electron chi connectivity index (χ1n) is 7.32. The van der Waals surface area contributed by atoms with Gasteiger partial charge in [0.15, 0.2) is 0 Å². The van der Waals surface area contributed by atoms with Crippen molar-refractivity contribution in [1.29, 1.82) is 0 Å². The van der Waals surface area contributed by atoms with Gasteiger partial charge in [0, 0.05) is 11.2 Å². The summed E-state index contributed by atoms with van der Waals surface area (Å²) in [6.07, 6.45) is 1.48. The van der Waals surface area contributed by atoms with Gasteiger partial charge in [-0.1, -0.05) is 34.8 Å². The summed E-state index contributed by atoms with van der Waals surface area (Å²) in [4.78, 5) is 29.4. The molecule has 0 aliphatic carbocycles. The van der Waals surface area contributed by atoms with Gasteiger partial charge < -0.3 is 0 Å². The summed E-state index contributed by atoms with van der Waals surface area (Å²) in [7, 11) is 0. The standard InChI is InChI=1S/C17H16Cl3N3O2/c1-17(2,3)23(16(25)11-5-4-8-21-14(11)20)22-15(24)12-9-10(18)6-7-13(12)19/h4-9H,1-3H3,(H,22,24). The van der Waals surface area contributed by atoms with Crippen LogP contribution in [0.5, 0.6) is 0 Å². The van der Waals surface area contributed by atoms with E-state index in [0.29, 0.717) is 5.02 Å². The third-order valence-electron chi connectivity index (χ3n) is 3.25. The Labute approximate surface area is 160 Å². The van der Waals surface area contributed by atoms with E-state index >= 15 is 0 Å². The number of nitrogens with zero attached hydrogens (tertiary/aromatic N) is 2. The molecular formula is C17H16Cl3N3O2. The Hall–Kier alpha value is -1.82. The van der Waals surface area contributed by atoms with Gasteiger partial charge in [0.05, 0.1) is 21.7 Å². The number of benzene rings is 1. The summed E-state index contributed by atoms with van der Waals surface area (Å²) in [6.45, 7) is 5.32. The van der Waals surface area contributed by atoms with E-state index in [1.807, 2.05) is 0 Å². The van der Waals surface area contributed by atoms with Crippen LogP contribution < -0.4 is 5.43 Å². The number of hydrogen-bond donors (Lipinski definition) is 1. The van der Waals surface area contributed by atoms with Crippen molar-refractivity contribution in [2.24, 2.45) is 0 Å². The Bertz CT molecular complexity index is 819. The molecule has 0 atom stereocenters. The van der Waals surface area contributed by atoms with Gasteiger partial charge in [-0.3, -0.25) is 15.0 Å². The van der Waals surface area contributed by atoms with Gasteiger partial charge in [-0.15, -0.1) is 0 Å². The first kappa shape index (κ1) is 19.5. The van der Waals surface area contributed by atoms with Crippen molar-refractivity contribution in [2.75, 3.05) is 0 Å². The normalized spacial score (nSPS) is 11.1. The largest absolute Gasteiger partial charge is 0.275 e. The molecule has 2 aromatic rings. The molecule has 5 nitrogen and oxygen atoms in total. The lowest BCUT2D eigenvalue weighted by Gasteiger charge is -2.35. The van der Waals surface area contributed by atoms with Crippen LogP contribution in [0, 0.1) is 0 Å². The number of amides is 2. The predicted molar refractivity (Wildman–Crippen MR) is 99.1 cm³/mol. The lowest BCUT2D eigenvalue weighted by molar-refractivity contribution is 0.0358. The second-order valence-corrected chi connectivity index (χ2v) is 7.42. The van der Waals surface area contributed by atoms with Crippen LogP contribution in [0.3, 0.4) is 0 Å². The lowest BCUT2D eigenvalue weighted by atomic mass is 10.1. The minimum atomic E-state index is -0.725. The van der Waals surface area contributed by atoms with E-state index in [1.165, 1.54) is 29.4 Å². The van der Waals surface area contributed by atoms with Crippen LogP contribution >= 0.6 is 34.8 Å². The molecule has 0 spiro atoms. The molecule has 0 radical (unpaired) electrons. The second-order valence-electron chi connectivity index (χ2n) is 6.22. The Morgan fingerprint density at radius 2 is 1.76 bits per heavy atom. The monoisotopic (exact) mass is 399 g/mol. The smallest absolute Gasteiger partial charge is 0.267 e. The summed E-state index contributed by atoms with van der Waals surface area (Å²) < 4.78 is 0. The number of pyridine rings is 1. The maximum Gasteiger partial charge on any atom is 0.275 e. The minimum Gasteiger partial charge on any atom is -0.267 e. The maximum absolute atomic E-state index is 12.9. The SMILES string of the molecule is CC(C)(C)N(NC(=O)c1cc(Cl)ccc1Cl)C(=O)c1cccnc1Cl. The van der Waals surface area contributed by atoms with Crippen molar-refractivity contribution < 1.29 is 9.59 Å².